The van der Waals surface area contributed by atoms with E-state index in [1.807, 2.05) is 0 Å². The minimum atomic E-state index is -4.88. The summed E-state index contributed by atoms with van der Waals surface area (Å²) in [5.74, 6) is -1.10. The normalized spacial score (nSPS) is 13.5. The van der Waals surface area contributed by atoms with Gasteiger partial charge < -0.3 is 14.8 Å². The second-order valence-corrected chi connectivity index (χ2v) is 8.15. The molecule has 0 atom stereocenters. The van der Waals surface area contributed by atoms with Crippen molar-refractivity contribution >= 4 is 23.2 Å². The van der Waals surface area contributed by atoms with E-state index in [-0.39, 0.29) is 24.0 Å². The summed E-state index contributed by atoms with van der Waals surface area (Å²) in [5, 5.41) is 8.48. The molecule has 0 bridgehead atoms. The van der Waals surface area contributed by atoms with E-state index in [2.05, 4.69) is 20.1 Å². The van der Waals surface area contributed by atoms with E-state index in [0.717, 1.165) is 5.56 Å². The zero-order valence-electron chi connectivity index (χ0n) is 19.8. The van der Waals surface area contributed by atoms with Crippen LogP contribution in [0.3, 0.4) is 0 Å². The van der Waals surface area contributed by atoms with E-state index in [4.69, 9.17) is 4.74 Å². The standard InChI is InChI=1S/C26H23F3N4O4/c1-36-22-11-8-18(15-23(22)37-26(27,28)29)21-5-3-13-33(32-21)24(34)14-17-6-9-20(10-7-17)31-25(35)19-4-2-12-30-16-19/h2,4,6-12,15-16H,3,5,13-14H2,1H3,(H,31,35). The minimum Gasteiger partial charge on any atom is -0.493 e. The molecule has 3 aromatic rings. The Hall–Kier alpha value is -4.41. The van der Waals surface area contributed by atoms with Gasteiger partial charge in [0.05, 0.1) is 24.8 Å². The van der Waals surface area contributed by atoms with Crippen LogP contribution >= 0.6 is 0 Å². The SMILES string of the molecule is COc1ccc(C2=NN(C(=O)Cc3ccc(NC(=O)c4cccnc4)cc3)CCC2)cc1OC(F)(F)F. The van der Waals surface area contributed by atoms with Crippen LogP contribution in [0.15, 0.2) is 72.1 Å². The van der Waals surface area contributed by atoms with Crippen molar-refractivity contribution in [1.29, 1.82) is 0 Å². The lowest BCUT2D eigenvalue weighted by molar-refractivity contribution is -0.275. The number of hydrogen-bond acceptors (Lipinski definition) is 6. The number of hydrazone groups is 1. The quantitative estimate of drug-likeness (QED) is 0.491. The van der Waals surface area contributed by atoms with Gasteiger partial charge in [-0.2, -0.15) is 5.10 Å². The van der Waals surface area contributed by atoms with E-state index in [1.165, 1.54) is 30.4 Å². The van der Waals surface area contributed by atoms with E-state index >= 15 is 0 Å². The van der Waals surface area contributed by atoms with Gasteiger partial charge >= 0.3 is 6.36 Å². The number of nitrogens with zero attached hydrogens (tertiary/aromatic N) is 3. The van der Waals surface area contributed by atoms with Gasteiger partial charge in [0.25, 0.3) is 5.91 Å². The van der Waals surface area contributed by atoms with Crippen LogP contribution < -0.4 is 14.8 Å². The third-order valence-electron chi connectivity index (χ3n) is 5.53. The number of nitrogens with one attached hydrogen (secondary N) is 1. The summed E-state index contributed by atoms with van der Waals surface area (Å²) in [6.45, 7) is 0.393. The number of benzene rings is 2. The van der Waals surface area contributed by atoms with Crippen LogP contribution in [0.25, 0.3) is 0 Å². The molecule has 1 N–H and O–H groups in total. The zero-order chi connectivity index (χ0) is 26.4. The van der Waals surface area contributed by atoms with E-state index in [0.29, 0.717) is 41.9 Å². The Balaban J connectivity index is 1.42. The Morgan fingerprint density at radius 1 is 1.08 bits per heavy atom. The summed E-state index contributed by atoms with van der Waals surface area (Å²) in [6, 6.07) is 14.3. The number of hydrogen-bond donors (Lipinski definition) is 1. The number of halogens is 3. The third-order valence-corrected chi connectivity index (χ3v) is 5.53. The molecule has 0 unspecified atom stereocenters. The van der Waals surface area contributed by atoms with Crippen molar-refractivity contribution in [3.05, 3.63) is 83.7 Å². The van der Waals surface area contributed by atoms with Crippen molar-refractivity contribution in [2.75, 3.05) is 19.0 Å². The maximum Gasteiger partial charge on any atom is 0.573 e. The molecule has 4 rings (SSSR count). The molecule has 1 aliphatic heterocycles. The Kier molecular flexibility index (Phi) is 7.71. The highest BCUT2D eigenvalue weighted by molar-refractivity contribution is 6.04. The molecule has 0 saturated heterocycles. The molecule has 0 spiro atoms. The van der Waals surface area contributed by atoms with E-state index in [1.54, 1.807) is 48.7 Å². The largest absolute Gasteiger partial charge is 0.573 e. The fourth-order valence-electron chi connectivity index (χ4n) is 3.76. The van der Waals surface area contributed by atoms with Crippen LogP contribution in [0.5, 0.6) is 11.5 Å². The van der Waals surface area contributed by atoms with Crippen molar-refractivity contribution in [3.8, 4) is 11.5 Å². The Morgan fingerprint density at radius 2 is 1.86 bits per heavy atom. The van der Waals surface area contributed by atoms with Crippen LogP contribution in [0.2, 0.25) is 0 Å². The van der Waals surface area contributed by atoms with Crippen molar-refractivity contribution in [1.82, 2.24) is 9.99 Å². The Morgan fingerprint density at radius 3 is 2.54 bits per heavy atom. The molecule has 2 heterocycles. The Labute approximate surface area is 210 Å². The fraction of sp³-hybridized carbons (Fsp3) is 0.231. The second kappa shape index (κ2) is 11.1. The molecule has 8 nitrogen and oxygen atoms in total. The second-order valence-electron chi connectivity index (χ2n) is 8.15. The summed E-state index contributed by atoms with van der Waals surface area (Å²) < 4.78 is 47.4. The number of pyridine rings is 1. The highest BCUT2D eigenvalue weighted by atomic mass is 19.4. The van der Waals surface area contributed by atoms with Crippen LogP contribution in [-0.4, -0.2) is 47.5 Å². The zero-order valence-corrected chi connectivity index (χ0v) is 19.8. The van der Waals surface area contributed by atoms with Crippen LogP contribution in [-0.2, 0) is 11.2 Å². The first-order valence-corrected chi connectivity index (χ1v) is 11.3. The molecule has 1 aliphatic rings. The lowest BCUT2D eigenvalue weighted by Crippen LogP contribution is -2.33. The number of rotatable bonds is 7. The first-order valence-electron chi connectivity index (χ1n) is 11.3. The van der Waals surface area contributed by atoms with Crippen molar-refractivity contribution in [2.24, 2.45) is 5.10 Å². The highest BCUT2D eigenvalue weighted by Crippen LogP contribution is 2.33. The predicted octanol–water partition coefficient (Wildman–Crippen LogP) is 4.81. The summed E-state index contributed by atoms with van der Waals surface area (Å²) in [4.78, 5) is 29.1. The summed E-state index contributed by atoms with van der Waals surface area (Å²) in [7, 11) is 1.25. The van der Waals surface area contributed by atoms with Gasteiger partial charge in [0.15, 0.2) is 11.5 Å². The van der Waals surface area contributed by atoms with Crippen molar-refractivity contribution in [3.63, 3.8) is 0 Å². The summed E-state index contributed by atoms with van der Waals surface area (Å²) in [5.41, 5.74) is 2.60. The van der Waals surface area contributed by atoms with Crippen molar-refractivity contribution in [2.45, 2.75) is 25.6 Å². The lowest BCUT2D eigenvalue weighted by Gasteiger charge is -2.24. The molecule has 192 valence electrons. The topological polar surface area (TPSA) is 93.1 Å². The van der Waals surface area contributed by atoms with Gasteiger partial charge in [0.2, 0.25) is 5.91 Å². The molecule has 0 radical (unpaired) electrons. The molecule has 0 fully saturated rings. The molecule has 0 saturated carbocycles. The van der Waals surface area contributed by atoms with Gasteiger partial charge in [-0.1, -0.05) is 12.1 Å². The number of amides is 2. The van der Waals surface area contributed by atoms with Crippen LogP contribution in [0.4, 0.5) is 18.9 Å². The molecular weight excluding hydrogens is 489 g/mol. The molecule has 2 amide bonds. The monoisotopic (exact) mass is 512 g/mol. The number of carbonyl (C=O) groups excluding carboxylic acids is 2. The molecule has 11 heteroatoms. The Bertz CT molecular complexity index is 1300. The average molecular weight is 512 g/mol. The number of alkyl halides is 3. The van der Waals surface area contributed by atoms with E-state index in [9.17, 15) is 22.8 Å². The van der Waals surface area contributed by atoms with E-state index < -0.39 is 12.1 Å². The smallest absolute Gasteiger partial charge is 0.493 e. The van der Waals surface area contributed by atoms with Crippen molar-refractivity contribution < 1.29 is 32.2 Å². The van der Waals surface area contributed by atoms with Crippen LogP contribution in [0.1, 0.15) is 34.3 Å². The van der Waals surface area contributed by atoms with Gasteiger partial charge in [-0.05, 0) is 60.9 Å². The van der Waals surface area contributed by atoms with Gasteiger partial charge in [-0.3, -0.25) is 14.6 Å². The summed E-state index contributed by atoms with van der Waals surface area (Å²) >= 11 is 0. The molecule has 2 aromatic carbocycles. The number of ether oxygens (including phenoxy) is 2. The fourth-order valence-corrected chi connectivity index (χ4v) is 3.76. The number of carbonyl (C=O) groups is 2. The highest BCUT2D eigenvalue weighted by Gasteiger charge is 2.33. The van der Waals surface area contributed by atoms with Gasteiger partial charge in [-0.15, -0.1) is 13.2 Å². The molecule has 37 heavy (non-hydrogen) atoms. The maximum absolute atomic E-state index is 12.9. The minimum absolute atomic E-state index is 0.0644. The lowest BCUT2D eigenvalue weighted by atomic mass is 10.0. The third kappa shape index (κ3) is 6.84. The molecular formula is C26H23F3N4O4. The first-order chi connectivity index (χ1) is 17.7. The van der Waals surface area contributed by atoms with Gasteiger partial charge in [-0.25, -0.2) is 5.01 Å². The maximum atomic E-state index is 12.9. The van der Waals surface area contributed by atoms with Gasteiger partial charge in [0.1, 0.15) is 0 Å². The first kappa shape index (κ1) is 25.7. The molecule has 0 aliphatic carbocycles. The van der Waals surface area contributed by atoms with Gasteiger partial charge in [0, 0.05) is 30.2 Å². The predicted molar refractivity (Wildman–Crippen MR) is 129 cm³/mol. The number of anilines is 1. The average Bonchev–Trinajstić information content (AvgIpc) is 2.89. The summed E-state index contributed by atoms with van der Waals surface area (Å²) in [6.07, 6.45) is -0.670. The molecule has 1 aromatic heterocycles. The number of methoxy groups -OCH3 is 1. The van der Waals surface area contributed by atoms with Crippen LogP contribution in [0, 0.1) is 0 Å². The number of aromatic nitrogens is 1.